The molecule has 2 heterocycles. The van der Waals surface area contributed by atoms with Crippen LogP contribution in [0.3, 0.4) is 0 Å². The van der Waals surface area contributed by atoms with Crippen molar-refractivity contribution in [2.75, 3.05) is 19.0 Å². The Morgan fingerprint density at radius 2 is 1.86 bits per heavy atom. The minimum atomic E-state index is -0.428. The van der Waals surface area contributed by atoms with Gasteiger partial charge in [-0.25, -0.2) is 9.07 Å². The summed E-state index contributed by atoms with van der Waals surface area (Å²) in [5.41, 5.74) is 2.53. The number of anilines is 1. The van der Waals surface area contributed by atoms with Gasteiger partial charge in [0.15, 0.2) is 5.82 Å². The first-order valence-electron chi connectivity index (χ1n) is 11.5. The van der Waals surface area contributed by atoms with Crippen LogP contribution in [0, 0.1) is 5.82 Å². The van der Waals surface area contributed by atoms with Crippen LogP contribution < -0.4 is 14.8 Å². The average molecular weight is 515 g/mol. The van der Waals surface area contributed by atoms with E-state index in [1.54, 1.807) is 55.6 Å². The van der Waals surface area contributed by atoms with Crippen molar-refractivity contribution in [1.82, 2.24) is 14.8 Å². The lowest BCUT2D eigenvalue weighted by Gasteiger charge is -2.09. The molecular formula is C28H23FN4O3S. The Bertz CT molecular complexity index is 1500. The van der Waals surface area contributed by atoms with E-state index in [-0.39, 0.29) is 17.5 Å². The Morgan fingerprint density at radius 3 is 2.62 bits per heavy atom. The Labute approximate surface area is 217 Å². The molecule has 0 radical (unpaired) electrons. The zero-order valence-corrected chi connectivity index (χ0v) is 20.7. The predicted molar refractivity (Wildman–Crippen MR) is 141 cm³/mol. The third-order valence-electron chi connectivity index (χ3n) is 5.58. The van der Waals surface area contributed by atoms with Crippen LogP contribution in [0.5, 0.6) is 11.8 Å². The number of amides is 1. The third kappa shape index (κ3) is 5.68. The Kier molecular flexibility index (Phi) is 7.23. The van der Waals surface area contributed by atoms with Crippen LogP contribution in [-0.4, -0.2) is 34.4 Å². The van der Waals surface area contributed by atoms with E-state index in [9.17, 15) is 9.18 Å². The van der Waals surface area contributed by atoms with E-state index in [1.165, 1.54) is 22.1 Å². The second-order valence-corrected chi connectivity index (χ2v) is 8.99. The molecule has 0 aliphatic heterocycles. The van der Waals surface area contributed by atoms with E-state index in [0.29, 0.717) is 35.1 Å². The van der Waals surface area contributed by atoms with Gasteiger partial charge in [0.05, 0.1) is 29.8 Å². The average Bonchev–Trinajstić information content (AvgIpc) is 3.61. The lowest BCUT2D eigenvalue weighted by molar-refractivity contribution is 0.103. The zero-order valence-electron chi connectivity index (χ0n) is 19.9. The van der Waals surface area contributed by atoms with Gasteiger partial charge in [-0.1, -0.05) is 36.4 Å². The van der Waals surface area contributed by atoms with Gasteiger partial charge >= 0.3 is 6.01 Å². The number of thiophene rings is 1. The molecule has 7 nitrogen and oxygen atoms in total. The van der Waals surface area contributed by atoms with Crippen molar-refractivity contribution in [3.63, 3.8) is 0 Å². The predicted octanol–water partition coefficient (Wildman–Crippen LogP) is 6.02. The number of halogens is 1. The van der Waals surface area contributed by atoms with Gasteiger partial charge in [0.25, 0.3) is 5.91 Å². The van der Waals surface area contributed by atoms with Crippen molar-refractivity contribution in [3.05, 3.63) is 107 Å². The molecule has 186 valence electrons. The van der Waals surface area contributed by atoms with Crippen LogP contribution in [0.4, 0.5) is 10.1 Å². The first-order valence-corrected chi connectivity index (χ1v) is 12.4. The van der Waals surface area contributed by atoms with E-state index >= 15 is 0 Å². The van der Waals surface area contributed by atoms with Crippen LogP contribution in [0.15, 0.2) is 90.3 Å². The maximum Gasteiger partial charge on any atom is 0.336 e. The van der Waals surface area contributed by atoms with Crippen LogP contribution in [-0.2, 0) is 6.42 Å². The summed E-state index contributed by atoms with van der Waals surface area (Å²) < 4.78 is 27.3. The molecule has 2 aromatic heterocycles. The molecule has 5 aromatic rings. The molecule has 0 fully saturated rings. The van der Waals surface area contributed by atoms with Crippen LogP contribution in [0.2, 0.25) is 0 Å². The molecule has 1 N–H and O–H groups in total. The summed E-state index contributed by atoms with van der Waals surface area (Å²) in [5.74, 6) is 0.443. The summed E-state index contributed by atoms with van der Waals surface area (Å²) in [7, 11) is 1.63. The summed E-state index contributed by atoms with van der Waals surface area (Å²) in [5, 5.41) is 9.25. The van der Waals surface area contributed by atoms with Gasteiger partial charge in [0.2, 0.25) is 0 Å². The summed E-state index contributed by atoms with van der Waals surface area (Å²) in [6.07, 6.45) is 0.637. The molecule has 0 saturated heterocycles. The molecule has 3 aromatic carbocycles. The number of hydrogen-bond donors (Lipinski definition) is 1. The first kappa shape index (κ1) is 24.2. The number of ether oxygens (including phenoxy) is 2. The number of hydrogen-bond acceptors (Lipinski definition) is 6. The number of nitrogens with zero attached hydrogens (tertiary/aromatic N) is 3. The number of benzene rings is 3. The number of rotatable bonds is 9. The van der Waals surface area contributed by atoms with E-state index in [0.717, 1.165) is 11.3 Å². The van der Waals surface area contributed by atoms with Gasteiger partial charge < -0.3 is 14.8 Å². The van der Waals surface area contributed by atoms with Crippen LogP contribution in [0.1, 0.15) is 15.2 Å². The lowest BCUT2D eigenvalue weighted by atomic mass is 10.1. The lowest BCUT2D eigenvalue weighted by Crippen LogP contribution is -2.10. The molecule has 0 saturated carbocycles. The number of carbonyl (C=O) groups excluding carboxylic acids is 1. The van der Waals surface area contributed by atoms with Crippen LogP contribution >= 0.6 is 11.3 Å². The maximum atomic E-state index is 14.7. The fraction of sp³-hybridized carbons (Fsp3) is 0.107. The highest BCUT2D eigenvalue weighted by Gasteiger charge is 2.18. The molecule has 0 aliphatic carbocycles. The number of nitrogens with one attached hydrogen (secondary N) is 1. The van der Waals surface area contributed by atoms with E-state index < -0.39 is 5.82 Å². The fourth-order valence-corrected chi connectivity index (χ4v) is 4.34. The molecule has 37 heavy (non-hydrogen) atoms. The highest BCUT2D eigenvalue weighted by Crippen LogP contribution is 2.27. The van der Waals surface area contributed by atoms with Crippen molar-refractivity contribution in [1.29, 1.82) is 0 Å². The van der Waals surface area contributed by atoms with Crippen molar-refractivity contribution >= 4 is 22.9 Å². The molecule has 0 spiro atoms. The van der Waals surface area contributed by atoms with Gasteiger partial charge in [-0.15, -0.1) is 16.4 Å². The molecule has 1 amide bonds. The smallest absolute Gasteiger partial charge is 0.336 e. The molecular weight excluding hydrogens is 491 g/mol. The molecule has 9 heteroatoms. The molecule has 0 unspecified atom stereocenters. The Balaban J connectivity index is 1.40. The quantitative estimate of drug-likeness (QED) is 0.260. The van der Waals surface area contributed by atoms with Crippen molar-refractivity contribution in [2.24, 2.45) is 0 Å². The van der Waals surface area contributed by atoms with Crippen molar-refractivity contribution < 1.29 is 18.7 Å². The normalized spacial score (nSPS) is 10.8. The van der Waals surface area contributed by atoms with Crippen LogP contribution in [0.25, 0.3) is 17.1 Å². The highest BCUT2D eigenvalue weighted by molar-refractivity contribution is 7.12. The maximum absolute atomic E-state index is 14.7. The van der Waals surface area contributed by atoms with E-state index in [4.69, 9.17) is 9.47 Å². The van der Waals surface area contributed by atoms with Crippen molar-refractivity contribution in [3.8, 4) is 28.8 Å². The van der Waals surface area contributed by atoms with Gasteiger partial charge in [0.1, 0.15) is 11.6 Å². The molecule has 0 atom stereocenters. The molecule has 0 bridgehead atoms. The fourth-order valence-electron chi connectivity index (χ4n) is 3.72. The minimum Gasteiger partial charge on any atom is -0.497 e. The van der Waals surface area contributed by atoms with Gasteiger partial charge in [-0.3, -0.25) is 4.79 Å². The summed E-state index contributed by atoms with van der Waals surface area (Å²) in [6.45, 7) is 0.337. The van der Waals surface area contributed by atoms with E-state index in [2.05, 4.69) is 15.4 Å². The standard InChI is InChI=1S/C28H23FN4O3S/c1-35-22-13-11-19(12-14-22)15-16-36-28-31-26(23-8-2-3-9-24(23)29)33(32-28)21-7-4-6-20(18-21)30-27(34)25-10-5-17-37-25/h2-14,17-18H,15-16H2,1H3,(H,30,34). The van der Waals surface area contributed by atoms with Gasteiger partial charge in [-0.2, -0.15) is 4.98 Å². The van der Waals surface area contributed by atoms with Crippen molar-refractivity contribution in [2.45, 2.75) is 6.42 Å². The number of carbonyl (C=O) groups is 1. The summed E-state index contributed by atoms with van der Waals surface area (Å²) in [6, 6.07) is 24.9. The SMILES string of the molecule is COc1ccc(CCOc2nc(-c3ccccc3F)n(-c3cccc(NC(=O)c4cccs4)c3)n2)cc1. The molecule has 0 aliphatic rings. The second-order valence-electron chi connectivity index (χ2n) is 8.04. The highest BCUT2D eigenvalue weighted by atomic mass is 32.1. The topological polar surface area (TPSA) is 78.3 Å². The third-order valence-corrected chi connectivity index (χ3v) is 6.45. The monoisotopic (exact) mass is 514 g/mol. The molecule has 5 rings (SSSR count). The Hall–Kier alpha value is -4.50. The first-order chi connectivity index (χ1) is 18.1. The number of aromatic nitrogens is 3. The Morgan fingerprint density at radius 1 is 1.03 bits per heavy atom. The second kappa shape index (κ2) is 11.0. The largest absolute Gasteiger partial charge is 0.497 e. The number of methoxy groups -OCH3 is 1. The summed E-state index contributed by atoms with van der Waals surface area (Å²) in [4.78, 5) is 17.6. The summed E-state index contributed by atoms with van der Waals surface area (Å²) >= 11 is 1.36. The van der Waals surface area contributed by atoms with Gasteiger partial charge in [-0.05, 0) is 59.5 Å². The van der Waals surface area contributed by atoms with Gasteiger partial charge in [0, 0.05) is 12.1 Å². The van der Waals surface area contributed by atoms with E-state index in [1.807, 2.05) is 35.7 Å². The minimum absolute atomic E-state index is 0.125. The zero-order chi connectivity index (χ0) is 25.6.